The van der Waals surface area contributed by atoms with Gasteiger partial charge in [-0.2, -0.15) is 4.39 Å². The molecule has 19 heavy (non-hydrogen) atoms. The van der Waals surface area contributed by atoms with E-state index < -0.39 is 16.4 Å². The lowest BCUT2D eigenvalue weighted by Crippen LogP contribution is -1.97. The van der Waals surface area contributed by atoms with Crippen LogP contribution in [0.15, 0.2) is 36.4 Å². The Labute approximate surface area is 108 Å². The summed E-state index contributed by atoms with van der Waals surface area (Å²) < 4.78 is 18.8. The third-order valence-electron chi connectivity index (χ3n) is 2.55. The van der Waals surface area contributed by atoms with Crippen LogP contribution in [0.25, 0.3) is 0 Å². The SMILES string of the molecule is Cc1cc(N)ccc1Oc1cccc(F)c1[N+](=O)[O-]. The van der Waals surface area contributed by atoms with E-state index in [2.05, 4.69) is 0 Å². The molecule has 6 heteroatoms. The number of para-hydroxylation sites is 1. The Hall–Kier alpha value is -2.63. The summed E-state index contributed by atoms with van der Waals surface area (Å²) in [5.74, 6) is -0.684. The van der Waals surface area contributed by atoms with Gasteiger partial charge >= 0.3 is 5.69 Å². The number of halogens is 1. The van der Waals surface area contributed by atoms with Crippen LogP contribution in [0.2, 0.25) is 0 Å². The summed E-state index contributed by atoms with van der Waals surface area (Å²) in [6.07, 6.45) is 0. The zero-order chi connectivity index (χ0) is 14.0. The van der Waals surface area contributed by atoms with Crippen LogP contribution in [0.3, 0.4) is 0 Å². The molecule has 98 valence electrons. The highest BCUT2D eigenvalue weighted by Gasteiger charge is 2.22. The van der Waals surface area contributed by atoms with Gasteiger partial charge in [0.05, 0.1) is 4.92 Å². The van der Waals surface area contributed by atoms with Crippen molar-refractivity contribution in [3.8, 4) is 11.5 Å². The fourth-order valence-electron chi connectivity index (χ4n) is 1.66. The lowest BCUT2D eigenvalue weighted by Gasteiger charge is -2.09. The fraction of sp³-hybridized carbons (Fsp3) is 0.0769. The number of hydrogen-bond donors (Lipinski definition) is 1. The van der Waals surface area contributed by atoms with Gasteiger partial charge in [-0.3, -0.25) is 10.1 Å². The average molecular weight is 262 g/mol. The lowest BCUT2D eigenvalue weighted by atomic mass is 10.2. The van der Waals surface area contributed by atoms with Gasteiger partial charge in [0, 0.05) is 5.69 Å². The number of nitrogen functional groups attached to an aromatic ring is 1. The van der Waals surface area contributed by atoms with Crippen molar-refractivity contribution in [1.82, 2.24) is 0 Å². The highest BCUT2D eigenvalue weighted by Crippen LogP contribution is 2.34. The molecule has 0 unspecified atom stereocenters. The van der Waals surface area contributed by atoms with Crippen molar-refractivity contribution < 1.29 is 14.1 Å². The van der Waals surface area contributed by atoms with Gasteiger partial charge < -0.3 is 10.5 Å². The molecule has 0 saturated heterocycles. The van der Waals surface area contributed by atoms with Crippen molar-refractivity contribution in [2.45, 2.75) is 6.92 Å². The summed E-state index contributed by atoms with van der Waals surface area (Å²) in [4.78, 5) is 10.0. The van der Waals surface area contributed by atoms with Gasteiger partial charge in [-0.25, -0.2) is 0 Å². The van der Waals surface area contributed by atoms with Gasteiger partial charge in [0.25, 0.3) is 0 Å². The molecule has 2 rings (SSSR count). The minimum Gasteiger partial charge on any atom is -0.450 e. The summed E-state index contributed by atoms with van der Waals surface area (Å²) in [5, 5.41) is 10.8. The van der Waals surface area contributed by atoms with E-state index in [9.17, 15) is 14.5 Å². The molecule has 0 aliphatic heterocycles. The highest BCUT2D eigenvalue weighted by molar-refractivity contribution is 5.52. The van der Waals surface area contributed by atoms with Crippen molar-refractivity contribution in [2.75, 3.05) is 5.73 Å². The Morgan fingerprint density at radius 1 is 1.26 bits per heavy atom. The first-order valence-corrected chi connectivity index (χ1v) is 5.46. The zero-order valence-electron chi connectivity index (χ0n) is 10.1. The predicted octanol–water partition coefficient (Wildman–Crippen LogP) is 3.42. The van der Waals surface area contributed by atoms with Crippen molar-refractivity contribution in [1.29, 1.82) is 0 Å². The van der Waals surface area contributed by atoms with E-state index >= 15 is 0 Å². The maximum absolute atomic E-state index is 13.4. The molecule has 0 heterocycles. The second-order valence-electron chi connectivity index (χ2n) is 3.97. The summed E-state index contributed by atoms with van der Waals surface area (Å²) >= 11 is 0. The molecule has 0 fully saturated rings. The Kier molecular flexibility index (Phi) is 3.33. The van der Waals surface area contributed by atoms with E-state index in [4.69, 9.17) is 10.5 Å². The molecule has 0 amide bonds. The molecule has 0 aliphatic carbocycles. The normalized spacial score (nSPS) is 10.2. The number of nitrogens with zero attached hydrogens (tertiary/aromatic N) is 1. The molecule has 0 atom stereocenters. The maximum Gasteiger partial charge on any atom is 0.346 e. The standard InChI is InChI=1S/C13H11FN2O3/c1-8-7-9(15)5-6-11(8)19-12-4-2-3-10(14)13(12)16(17)18/h2-7H,15H2,1H3. The van der Waals surface area contributed by atoms with Crippen molar-refractivity contribution >= 4 is 11.4 Å². The van der Waals surface area contributed by atoms with E-state index in [1.807, 2.05) is 0 Å². The van der Waals surface area contributed by atoms with Crippen LogP contribution in [0.1, 0.15) is 5.56 Å². The molecule has 0 spiro atoms. The number of nitro groups is 1. The quantitative estimate of drug-likeness (QED) is 0.522. The second kappa shape index (κ2) is 4.93. The van der Waals surface area contributed by atoms with E-state index in [1.165, 1.54) is 12.1 Å². The van der Waals surface area contributed by atoms with Gasteiger partial charge in [-0.05, 0) is 42.8 Å². The summed E-state index contributed by atoms with van der Waals surface area (Å²) in [7, 11) is 0. The molecular formula is C13H11FN2O3. The first-order valence-electron chi connectivity index (χ1n) is 5.46. The lowest BCUT2D eigenvalue weighted by molar-refractivity contribution is -0.388. The molecule has 0 aromatic heterocycles. The number of ether oxygens (including phenoxy) is 1. The minimum absolute atomic E-state index is 0.141. The van der Waals surface area contributed by atoms with Gasteiger partial charge in [-0.1, -0.05) is 6.07 Å². The Balaban J connectivity index is 2.44. The zero-order valence-corrected chi connectivity index (χ0v) is 10.1. The molecule has 0 saturated carbocycles. The van der Waals surface area contributed by atoms with Crippen LogP contribution < -0.4 is 10.5 Å². The van der Waals surface area contributed by atoms with Gasteiger partial charge in [0.15, 0.2) is 0 Å². The molecule has 0 aliphatic rings. The molecule has 0 bridgehead atoms. The molecular weight excluding hydrogens is 251 g/mol. The van der Waals surface area contributed by atoms with Crippen LogP contribution in [0, 0.1) is 22.9 Å². The third-order valence-corrected chi connectivity index (χ3v) is 2.55. The number of anilines is 1. The van der Waals surface area contributed by atoms with Crippen LogP contribution in [-0.4, -0.2) is 4.92 Å². The van der Waals surface area contributed by atoms with Crippen LogP contribution in [-0.2, 0) is 0 Å². The van der Waals surface area contributed by atoms with E-state index in [0.29, 0.717) is 17.0 Å². The van der Waals surface area contributed by atoms with E-state index in [1.54, 1.807) is 25.1 Å². The molecule has 2 aromatic carbocycles. The predicted molar refractivity (Wildman–Crippen MR) is 68.7 cm³/mol. The van der Waals surface area contributed by atoms with E-state index in [-0.39, 0.29) is 5.75 Å². The first-order chi connectivity index (χ1) is 8.99. The van der Waals surface area contributed by atoms with Crippen molar-refractivity contribution in [3.05, 3.63) is 57.9 Å². The summed E-state index contributed by atoms with van der Waals surface area (Å²) in [6, 6.07) is 8.56. The fourth-order valence-corrected chi connectivity index (χ4v) is 1.66. The van der Waals surface area contributed by atoms with Crippen LogP contribution in [0.5, 0.6) is 11.5 Å². The highest BCUT2D eigenvalue weighted by atomic mass is 19.1. The first kappa shape index (κ1) is 12.8. The monoisotopic (exact) mass is 262 g/mol. The van der Waals surface area contributed by atoms with Crippen molar-refractivity contribution in [2.24, 2.45) is 0 Å². The number of nitro benzene ring substituents is 1. The van der Waals surface area contributed by atoms with E-state index in [0.717, 1.165) is 6.07 Å². The van der Waals surface area contributed by atoms with Crippen LogP contribution in [0.4, 0.5) is 15.8 Å². The summed E-state index contributed by atoms with van der Waals surface area (Å²) in [6.45, 7) is 1.75. The van der Waals surface area contributed by atoms with Gasteiger partial charge in [-0.15, -0.1) is 0 Å². The molecule has 5 nitrogen and oxygen atoms in total. The second-order valence-corrected chi connectivity index (χ2v) is 3.97. The third kappa shape index (κ3) is 2.62. The Morgan fingerprint density at radius 2 is 2.00 bits per heavy atom. The molecule has 2 aromatic rings. The Morgan fingerprint density at radius 3 is 2.63 bits per heavy atom. The minimum atomic E-state index is -0.935. The van der Waals surface area contributed by atoms with Gasteiger partial charge in [0.2, 0.25) is 11.6 Å². The largest absolute Gasteiger partial charge is 0.450 e. The van der Waals surface area contributed by atoms with Crippen molar-refractivity contribution in [3.63, 3.8) is 0 Å². The number of hydrogen-bond acceptors (Lipinski definition) is 4. The Bertz CT molecular complexity index is 644. The number of benzene rings is 2. The molecule has 2 N–H and O–H groups in total. The smallest absolute Gasteiger partial charge is 0.346 e. The number of nitrogens with two attached hydrogens (primary N) is 1. The topological polar surface area (TPSA) is 78.4 Å². The average Bonchev–Trinajstić information content (AvgIpc) is 2.32. The van der Waals surface area contributed by atoms with Crippen LogP contribution >= 0.6 is 0 Å². The maximum atomic E-state index is 13.4. The molecule has 0 radical (unpaired) electrons. The number of aryl methyl sites for hydroxylation is 1. The van der Waals surface area contributed by atoms with Gasteiger partial charge in [0.1, 0.15) is 5.75 Å². The number of rotatable bonds is 3. The summed E-state index contributed by atoms with van der Waals surface area (Å²) in [5.41, 5.74) is 6.18.